The molecule has 21 heavy (non-hydrogen) atoms. The van der Waals surface area contributed by atoms with Crippen molar-refractivity contribution in [3.63, 3.8) is 0 Å². The lowest BCUT2D eigenvalue weighted by Crippen LogP contribution is -2.05. The van der Waals surface area contributed by atoms with Crippen LogP contribution in [-0.4, -0.2) is 21.6 Å². The number of thioether (sulfide) groups is 1. The van der Waals surface area contributed by atoms with Gasteiger partial charge in [-0.2, -0.15) is 0 Å². The number of fused-ring (bicyclic) bond motifs is 1. The number of anilines is 1. The van der Waals surface area contributed by atoms with E-state index in [4.69, 9.17) is 10.6 Å². The molecule has 3 aromatic rings. The summed E-state index contributed by atoms with van der Waals surface area (Å²) >= 11 is 3.17. The van der Waals surface area contributed by atoms with Crippen molar-refractivity contribution < 1.29 is 4.74 Å². The van der Waals surface area contributed by atoms with E-state index < -0.39 is 0 Å². The second-order valence-electron chi connectivity index (χ2n) is 4.22. The molecule has 0 saturated heterocycles. The number of rotatable bonds is 6. The average molecular weight is 321 g/mol. The molecule has 6 nitrogen and oxygen atoms in total. The van der Waals surface area contributed by atoms with Gasteiger partial charge in [-0.05, 0) is 19.1 Å². The molecule has 0 fully saturated rings. The number of ether oxygens (including phenoxy) is 1. The van der Waals surface area contributed by atoms with Crippen LogP contribution in [0.3, 0.4) is 0 Å². The quantitative estimate of drug-likeness (QED) is 0.367. The molecule has 0 unspecified atom stereocenters. The van der Waals surface area contributed by atoms with E-state index in [9.17, 15) is 0 Å². The Morgan fingerprint density at radius 1 is 1.48 bits per heavy atom. The lowest BCUT2D eigenvalue weighted by Gasteiger charge is -2.00. The van der Waals surface area contributed by atoms with Crippen LogP contribution in [0.25, 0.3) is 11.0 Å². The molecule has 8 heteroatoms. The van der Waals surface area contributed by atoms with Gasteiger partial charge in [0.05, 0.1) is 17.6 Å². The standard InChI is InChI=1S/C13H15N5OS2/c1-2-19-8-3-4-10-11(5-8)17-13(16-10)20-7-9-6-15-12(18-14)21-9/h3-6H,2,7,14H2,1H3,(H,15,18)(H,16,17). The number of imidazole rings is 1. The van der Waals surface area contributed by atoms with Crippen LogP contribution in [-0.2, 0) is 5.75 Å². The summed E-state index contributed by atoms with van der Waals surface area (Å²) in [5.74, 6) is 6.98. The average Bonchev–Trinajstić information content (AvgIpc) is 3.11. The van der Waals surface area contributed by atoms with E-state index >= 15 is 0 Å². The number of aromatic nitrogens is 3. The molecule has 110 valence electrons. The maximum atomic E-state index is 5.49. The van der Waals surface area contributed by atoms with Crippen LogP contribution in [0.1, 0.15) is 11.8 Å². The van der Waals surface area contributed by atoms with Crippen LogP contribution >= 0.6 is 23.1 Å². The first-order chi connectivity index (χ1) is 10.3. The van der Waals surface area contributed by atoms with E-state index in [2.05, 4.69) is 20.4 Å². The number of hydrazine groups is 1. The summed E-state index contributed by atoms with van der Waals surface area (Å²) in [6.45, 7) is 2.63. The van der Waals surface area contributed by atoms with Gasteiger partial charge < -0.3 is 9.72 Å². The fourth-order valence-corrected chi connectivity index (χ4v) is 3.50. The summed E-state index contributed by atoms with van der Waals surface area (Å²) in [7, 11) is 0. The summed E-state index contributed by atoms with van der Waals surface area (Å²) in [6.07, 6.45) is 1.82. The first kappa shape index (κ1) is 14.2. The van der Waals surface area contributed by atoms with Crippen LogP contribution in [0, 0.1) is 0 Å². The van der Waals surface area contributed by atoms with Crippen molar-refractivity contribution in [2.24, 2.45) is 5.84 Å². The van der Waals surface area contributed by atoms with Crippen molar-refractivity contribution in [2.75, 3.05) is 12.0 Å². The van der Waals surface area contributed by atoms with Gasteiger partial charge in [0.25, 0.3) is 0 Å². The van der Waals surface area contributed by atoms with Gasteiger partial charge in [0, 0.05) is 22.9 Å². The molecule has 4 N–H and O–H groups in total. The van der Waals surface area contributed by atoms with Gasteiger partial charge in [-0.1, -0.05) is 11.8 Å². The lowest BCUT2D eigenvalue weighted by atomic mass is 10.3. The van der Waals surface area contributed by atoms with Crippen molar-refractivity contribution in [1.29, 1.82) is 0 Å². The minimum atomic E-state index is 0.657. The highest BCUT2D eigenvalue weighted by molar-refractivity contribution is 7.98. The number of nitrogen functional groups attached to an aromatic ring is 1. The molecule has 0 spiro atoms. The maximum absolute atomic E-state index is 5.49. The molecule has 1 aromatic carbocycles. The van der Waals surface area contributed by atoms with Crippen LogP contribution in [0.15, 0.2) is 29.6 Å². The van der Waals surface area contributed by atoms with Crippen LogP contribution < -0.4 is 16.0 Å². The lowest BCUT2D eigenvalue weighted by molar-refractivity contribution is 0.340. The Hall–Kier alpha value is -1.77. The third kappa shape index (κ3) is 3.29. The smallest absolute Gasteiger partial charge is 0.197 e. The van der Waals surface area contributed by atoms with E-state index in [1.54, 1.807) is 11.8 Å². The van der Waals surface area contributed by atoms with Crippen molar-refractivity contribution in [3.05, 3.63) is 29.3 Å². The SMILES string of the molecule is CCOc1ccc2nc(SCc3cnc(NN)s3)[nH]c2c1. The third-order valence-electron chi connectivity index (χ3n) is 2.77. The summed E-state index contributed by atoms with van der Waals surface area (Å²) in [5, 5.41) is 1.60. The molecule has 3 rings (SSSR count). The van der Waals surface area contributed by atoms with Gasteiger partial charge in [0.15, 0.2) is 10.3 Å². The number of thiazole rings is 1. The van der Waals surface area contributed by atoms with Gasteiger partial charge in [0.2, 0.25) is 0 Å². The Labute approximate surface area is 130 Å². The number of hydrogen-bond acceptors (Lipinski definition) is 7. The zero-order valence-corrected chi connectivity index (χ0v) is 13.1. The zero-order chi connectivity index (χ0) is 14.7. The van der Waals surface area contributed by atoms with Crippen LogP contribution in [0.4, 0.5) is 5.13 Å². The molecule has 0 aliphatic heterocycles. The number of aromatic amines is 1. The molecular formula is C13H15N5OS2. The summed E-state index contributed by atoms with van der Waals surface area (Å²) < 4.78 is 5.49. The number of nitrogens with one attached hydrogen (secondary N) is 2. The minimum absolute atomic E-state index is 0.657. The zero-order valence-electron chi connectivity index (χ0n) is 11.4. The van der Waals surface area contributed by atoms with Gasteiger partial charge in [-0.25, -0.2) is 15.8 Å². The highest BCUT2D eigenvalue weighted by Crippen LogP contribution is 2.28. The molecule has 2 heterocycles. The molecule has 0 atom stereocenters. The normalized spacial score (nSPS) is 11.0. The highest BCUT2D eigenvalue weighted by Gasteiger charge is 2.07. The van der Waals surface area contributed by atoms with E-state index in [1.807, 2.05) is 31.3 Å². The van der Waals surface area contributed by atoms with Gasteiger partial charge in [-0.15, -0.1) is 11.3 Å². The van der Waals surface area contributed by atoms with Crippen LogP contribution in [0.5, 0.6) is 5.75 Å². The molecular weight excluding hydrogens is 306 g/mol. The van der Waals surface area contributed by atoms with Crippen molar-refractivity contribution >= 4 is 39.3 Å². The summed E-state index contributed by atoms with van der Waals surface area (Å²) in [4.78, 5) is 13.1. The Kier molecular flexibility index (Phi) is 4.28. The second-order valence-corrected chi connectivity index (χ2v) is 6.30. The predicted molar refractivity (Wildman–Crippen MR) is 86.7 cm³/mol. The summed E-state index contributed by atoms with van der Waals surface area (Å²) in [6, 6.07) is 5.87. The van der Waals surface area contributed by atoms with Gasteiger partial charge in [0.1, 0.15) is 5.75 Å². The second kappa shape index (κ2) is 6.33. The highest BCUT2D eigenvalue weighted by atomic mass is 32.2. The molecule has 0 aliphatic carbocycles. The monoisotopic (exact) mass is 321 g/mol. The molecule has 0 bridgehead atoms. The molecule has 0 amide bonds. The Balaban J connectivity index is 1.71. The van der Waals surface area contributed by atoms with Crippen molar-refractivity contribution in [2.45, 2.75) is 17.8 Å². The number of H-pyrrole nitrogens is 1. The molecule has 2 aromatic heterocycles. The first-order valence-electron chi connectivity index (χ1n) is 6.45. The number of nitrogens with two attached hydrogens (primary N) is 1. The first-order valence-corrected chi connectivity index (χ1v) is 8.25. The largest absolute Gasteiger partial charge is 0.494 e. The van der Waals surface area contributed by atoms with Crippen LogP contribution in [0.2, 0.25) is 0 Å². The summed E-state index contributed by atoms with van der Waals surface area (Å²) in [5.41, 5.74) is 4.47. The Bertz CT molecular complexity index is 739. The number of nitrogens with zero attached hydrogens (tertiary/aromatic N) is 2. The third-order valence-corrected chi connectivity index (χ3v) is 4.80. The Morgan fingerprint density at radius 2 is 2.38 bits per heavy atom. The maximum Gasteiger partial charge on any atom is 0.197 e. The van der Waals surface area contributed by atoms with Gasteiger partial charge >= 0.3 is 0 Å². The van der Waals surface area contributed by atoms with Crippen molar-refractivity contribution in [3.8, 4) is 5.75 Å². The van der Waals surface area contributed by atoms with E-state index in [0.29, 0.717) is 6.61 Å². The molecule has 0 aliphatic rings. The fourth-order valence-electron chi connectivity index (χ4n) is 1.87. The molecule has 0 radical (unpaired) electrons. The molecule has 0 saturated carbocycles. The number of hydrogen-bond donors (Lipinski definition) is 3. The van der Waals surface area contributed by atoms with E-state index in [1.165, 1.54) is 11.3 Å². The van der Waals surface area contributed by atoms with Crippen molar-refractivity contribution in [1.82, 2.24) is 15.0 Å². The Morgan fingerprint density at radius 3 is 3.14 bits per heavy atom. The van der Waals surface area contributed by atoms with Gasteiger partial charge in [-0.3, -0.25) is 5.43 Å². The minimum Gasteiger partial charge on any atom is -0.494 e. The number of benzene rings is 1. The fraction of sp³-hybridized carbons (Fsp3) is 0.231. The predicted octanol–water partition coefficient (Wildman–Crippen LogP) is 3.00. The van der Waals surface area contributed by atoms with E-state index in [0.717, 1.165) is 37.7 Å². The van der Waals surface area contributed by atoms with E-state index in [-0.39, 0.29) is 0 Å². The topological polar surface area (TPSA) is 88.8 Å².